The molecule has 194 valence electrons. The van der Waals surface area contributed by atoms with E-state index in [2.05, 4.69) is 6.08 Å². The van der Waals surface area contributed by atoms with Gasteiger partial charge in [0, 0.05) is 17.9 Å². The minimum Gasteiger partial charge on any atom is -0.490 e. The first kappa shape index (κ1) is 27.6. The summed E-state index contributed by atoms with van der Waals surface area (Å²) < 4.78 is 6.35. The first-order valence-electron chi connectivity index (χ1n) is 13.0. The van der Waals surface area contributed by atoms with E-state index in [4.69, 9.17) is 4.74 Å². The van der Waals surface area contributed by atoms with Gasteiger partial charge in [-0.05, 0) is 72.1 Å². The molecule has 1 N–H and O–H groups in total. The van der Waals surface area contributed by atoms with Crippen LogP contribution in [0.2, 0.25) is 0 Å². The predicted molar refractivity (Wildman–Crippen MR) is 138 cm³/mol. The number of allylic oxidation sites excluding steroid dienone is 5. The Morgan fingerprint density at radius 3 is 2.17 bits per heavy atom. The van der Waals surface area contributed by atoms with Gasteiger partial charge in [0.1, 0.15) is 11.9 Å². The molecule has 3 aliphatic rings. The molecular formula is C30H44O5. The fraction of sp³-hybridized carbons (Fsp3) is 0.700. The molecule has 0 radical (unpaired) electrons. The lowest BCUT2D eigenvalue weighted by atomic mass is 9.39. The lowest BCUT2D eigenvalue weighted by Gasteiger charge is -2.59. The van der Waals surface area contributed by atoms with E-state index in [1.165, 1.54) is 0 Å². The van der Waals surface area contributed by atoms with Crippen LogP contribution in [0, 0.1) is 28.1 Å². The summed E-state index contributed by atoms with van der Waals surface area (Å²) in [6.45, 7) is 18.8. The van der Waals surface area contributed by atoms with Crippen LogP contribution in [-0.4, -0.2) is 34.2 Å². The summed E-state index contributed by atoms with van der Waals surface area (Å²) in [7, 11) is 0. The third-order valence-electron chi connectivity index (χ3n) is 8.68. The SMILES string of the molecule is CC(C)=CC[C@@H]1C[C@]2(CC=C(C)C)C(=O)[C@@](C(=O)C(C)C)(C(=O)C3=C2O[C@@H](C(C)(C)O)C3)C1(C)C. The largest absolute Gasteiger partial charge is 0.490 e. The number of hydrogen-bond donors (Lipinski definition) is 1. The summed E-state index contributed by atoms with van der Waals surface area (Å²) in [6.07, 6.45) is 5.31. The second-order valence-electron chi connectivity index (χ2n) is 12.9. The van der Waals surface area contributed by atoms with Gasteiger partial charge in [-0.25, -0.2) is 0 Å². The molecule has 0 spiro atoms. The minimum absolute atomic E-state index is 0.0776. The highest BCUT2D eigenvalue weighted by Crippen LogP contribution is 2.67. The van der Waals surface area contributed by atoms with Crippen LogP contribution in [0.5, 0.6) is 0 Å². The van der Waals surface area contributed by atoms with Crippen LogP contribution in [0.3, 0.4) is 0 Å². The quantitative estimate of drug-likeness (QED) is 0.359. The van der Waals surface area contributed by atoms with E-state index >= 15 is 0 Å². The average molecular weight is 485 g/mol. The average Bonchev–Trinajstić information content (AvgIpc) is 3.18. The minimum atomic E-state index is -1.76. The molecule has 35 heavy (non-hydrogen) atoms. The van der Waals surface area contributed by atoms with Gasteiger partial charge < -0.3 is 9.84 Å². The molecule has 0 aromatic carbocycles. The van der Waals surface area contributed by atoms with Crippen molar-refractivity contribution in [3.8, 4) is 0 Å². The normalized spacial score (nSPS) is 31.8. The van der Waals surface area contributed by atoms with Gasteiger partial charge in [0.05, 0.1) is 11.0 Å². The molecule has 1 heterocycles. The number of ketones is 3. The van der Waals surface area contributed by atoms with Gasteiger partial charge in [0.25, 0.3) is 0 Å². The van der Waals surface area contributed by atoms with Gasteiger partial charge in [0.15, 0.2) is 22.8 Å². The fourth-order valence-electron chi connectivity index (χ4n) is 6.45. The van der Waals surface area contributed by atoms with Crippen LogP contribution in [0.25, 0.3) is 0 Å². The highest BCUT2D eigenvalue weighted by Gasteiger charge is 2.76. The summed E-state index contributed by atoms with van der Waals surface area (Å²) >= 11 is 0. The molecular weight excluding hydrogens is 440 g/mol. The summed E-state index contributed by atoms with van der Waals surface area (Å²) in [5.41, 5.74) is -2.26. The van der Waals surface area contributed by atoms with E-state index in [1.807, 2.05) is 47.6 Å². The van der Waals surface area contributed by atoms with E-state index in [0.717, 1.165) is 11.1 Å². The van der Waals surface area contributed by atoms with Crippen LogP contribution in [-0.2, 0) is 19.1 Å². The standard InChI is InChI=1S/C30H44O5/c1-17(2)11-12-20-16-29(14-13-18(3)4)25-21(15-22(35-25)28(9,10)34)24(32)30(26(29)33,27(20,7)8)23(31)19(5)6/h11,13,19-20,22,34H,12,14-16H2,1-10H3/t20-,22-,29+,30-/m1/s1. The van der Waals surface area contributed by atoms with Gasteiger partial charge in [-0.2, -0.15) is 0 Å². The van der Waals surface area contributed by atoms with Crippen LogP contribution in [0.4, 0.5) is 0 Å². The number of ether oxygens (including phenoxy) is 1. The molecule has 3 rings (SSSR count). The number of carbonyl (C=O) groups is 3. The smallest absolute Gasteiger partial charge is 0.184 e. The number of Topliss-reactive ketones (excluding diaryl/α,β-unsaturated/α-hetero) is 3. The van der Waals surface area contributed by atoms with Crippen LogP contribution >= 0.6 is 0 Å². The summed E-state index contributed by atoms with van der Waals surface area (Å²) in [5.74, 6) is -1.14. The number of rotatable bonds is 7. The Kier molecular flexibility index (Phi) is 6.96. The Labute approximate surface area is 211 Å². The van der Waals surface area contributed by atoms with Crippen molar-refractivity contribution in [3.63, 3.8) is 0 Å². The molecule has 0 amide bonds. The van der Waals surface area contributed by atoms with Crippen LogP contribution in [0.15, 0.2) is 34.6 Å². The third-order valence-corrected chi connectivity index (χ3v) is 8.68. The topological polar surface area (TPSA) is 80.7 Å². The van der Waals surface area contributed by atoms with E-state index in [1.54, 1.807) is 27.7 Å². The van der Waals surface area contributed by atoms with Crippen molar-refractivity contribution >= 4 is 17.3 Å². The maximum absolute atomic E-state index is 14.8. The molecule has 0 unspecified atom stereocenters. The van der Waals surface area contributed by atoms with E-state index in [0.29, 0.717) is 30.6 Å². The zero-order valence-electron chi connectivity index (χ0n) is 23.3. The van der Waals surface area contributed by atoms with Crippen LogP contribution < -0.4 is 0 Å². The zero-order chi connectivity index (χ0) is 26.7. The lowest BCUT2D eigenvalue weighted by Crippen LogP contribution is -2.70. The first-order valence-corrected chi connectivity index (χ1v) is 13.0. The van der Waals surface area contributed by atoms with E-state index < -0.39 is 39.7 Å². The maximum atomic E-state index is 14.8. The first-order chi connectivity index (χ1) is 15.9. The molecule has 1 aliphatic heterocycles. The number of fused-ring (bicyclic) bond motifs is 3. The Morgan fingerprint density at radius 1 is 1.11 bits per heavy atom. The van der Waals surface area contributed by atoms with Crippen molar-refractivity contribution in [1.29, 1.82) is 0 Å². The van der Waals surface area contributed by atoms with Crippen molar-refractivity contribution in [3.05, 3.63) is 34.6 Å². The predicted octanol–water partition coefficient (Wildman–Crippen LogP) is 5.91. The van der Waals surface area contributed by atoms with E-state index in [9.17, 15) is 19.5 Å². The van der Waals surface area contributed by atoms with E-state index in [-0.39, 0.29) is 23.9 Å². The monoisotopic (exact) mass is 484 g/mol. The molecule has 1 saturated carbocycles. The molecule has 0 aromatic heterocycles. The van der Waals surface area contributed by atoms with Crippen molar-refractivity contribution in [2.24, 2.45) is 28.1 Å². The van der Waals surface area contributed by atoms with Crippen molar-refractivity contribution in [1.82, 2.24) is 0 Å². The summed E-state index contributed by atoms with van der Waals surface area (Å²) in [6, 6.07) is 0. The summed E-state index contributed by atoms with van der Waals surface area (Å²) in [5, 5.41) is 10.8. The Balaban J connectivity index is 2.39. The molecule has 5 heteroatoms. The Hall–Kier alpha value is -2.01. The molecule has 2 aliphatic carbocycles. The number of aliphatic hydroxyl groups is 1. The molecule has 5 nitrogen and oxygen atoms in total. The zero-order valence-corrected chi connectivity index (χ0v) is 23.3. The summed E-state index contributed by atoms with van der Waals surface area (Å²) in [4.78, 5) is 43.3. The number of carbonyl (C=O) groups excluding carboxylic acids is 3. The molecule has 1 fully saturated rings. The lowest BCUT2D eigenvalue weighted by molar-refractivity contribution is -0.178. The molecule has 0 saturated heterocycles. The fourth-order valence-corrected chi connectivity index (χ4v) is 6.45. The Bertz CT molecular complexity index is 1020. The van der Waals surface area contributed by atoms with Gasteiger partial charge >= 0.3 is 0 Å². The second kappa shape index (κ2) is 8.83. The van der Waals surface area contributed by atoms with Crippen molar-refractivity contribution in [2.75, 3.05) is 0 Å². The third kappa shape index (κ3) is 3.98. The highest BCUT2D eigenvalue weighted by atomic mass is 16.5. The molecule has 2 bridgehead atoms. The van der Waals surface area contributed by atoms with Crippen molar-refractivity contribution in [2.45, 2.75) is 107 Å². The maximum Gasteiger partial charge on any atom is 0.184 e. The van der Waals surface area contributed by atoms with Gasteiger partial charge in [-0.3, -0.25) is 14.4 Å². The Morgan fingerprint density at radius 2 is 1.69 bits per heavy atom. The molecule has 0 aromatic rings. The van der Waals surface area contributed by atoms with Gasteiger partial charge in [-0.15, -0.1) is 0 Å². The van der Waals surface area contributed by atoms with Gasteiger partial charge in [0.2, 0.25) is 0 Å². The number of hydrogen-bond acceptors (Lipinski definition) is 5. The second-order valence-corrected chi connectivity index (χ2v) is 12.9. The van der Waals surface area contributed by atoms with Crippen LogP contribution in [0.1, 0.15) is 94.9 Å². The molecule has 4 atom stereocenters. The van der Waals surface area contributed by atoms with Crippen molar-refractivity contribution < 1.29 is 24.2 Å². The highest BCUT2D eigenvalue weighted by molar-refractivity contribution is 6.33. The van der Waals surface area contributed by atoms with Gasteiger partial charge in [-0.1, -0.05) is 51.0 Å².